The number of thioether (sulfide) groups is 1. The number of nitrogens with one attached hydrogen (secondary N) is 2. The minimum absolute atomic E-state index is 0.0584. The Kier molecular flexibility index (Phi) is 6.71. The predicted molar refractivity (Wildman–Crippen MR) is 148 cm³/mol. The van der Waals surface area contributed by atoms with Gasteiger partial charge in [-0.25, -0.2) is 9.78 Å². The van der Waals surface area contributed by atoms with Crippen molar-refractivity contribution in [2.75, 3.05) is 25.0 Å². The van der Waals surface area contributed by atoms with Crippen molar-refractivity contribution in [3.8, 4) is 11.5 Å². The van der Waals surface area contributed by atoms with Crippen molar-refractivity contribution in [3.05, 3.63) is 71.9 Å². The summed E-state index contributed by atoms with van der Waals surface area (Å²) in [6, 6.07) is 17.0. The van der Waals surface area contributed by atoms with Gasteiger partial charge < -0.3 is 20.3 Å². The van der Waals surface area contributed by atoms with Crippen LogP contribution in [0.1, 0.15) is 36.4 Å². The summed E-state index contributed by atoms with van der Waals surface area (Å²) in [4.78, 5) is 35.3. The van der Waals surface area contributed by atoms with E-state index in [1.165, 1.54) is 24.6 Å². The number of rotatable bonds is 7. The third-order valence-corrected chi connectivity index (χ3v) is 8.89. The van der Waals surface area contributed by atoms with Crippen LogP contribution in [0.15, 0.2) is 65.8 Å². The Morgan fingerprint density at radius 2 is 2.00 bits per heavy atom. The molecule has 4 heterocycles. The molecule has 0 bridgehead atoms. The molecule has 0 aliphatic carbocycles. The molecule has 9 heteroatoms. The van der Waals surface area contributed by atoms with E-state index in [1.54, 1.807) is 11.1 Å². The Morgan fingerprint density at radius 3 is 2.76 bits per heavy atom. The Labute approximate surface area is 226 Å². The number of carbonyl (C=O) groups excluding carboxylic acids is 2. The lowest BCUT2D eigenvalue weighted by atomic mass is 9.99. The molecule has 1 saturated heterocycles. The third-order valence-electron chi connectivity index (χ3n) is 7.60. The maximum atomic E-state index is 13.5. The molecule has 3 aliphatic rings. The second kappa shape index (κ2) is 10.3. The van der Waals surface area contributed by atoms with Gasteiger partial charge >= 0.3 is 6.03 Å². The summed E-state index contributed by atoms with van der Waals surface area (Å²) in [5.74, 6) is 1.39. The molecule has 3 aliphatic heterocycles. The molecular formula is C29H31N5O3S. The highest BCUT2D eigenvalue weighted by atomic mass is 32.2. The zero-order chi connectivity index (χ0) is 26.2. The molecule has 0 spiro atoms. The molecule has 3 unspecified atom stereocenters. The van der Waals surface area contributed by atoms with Crippen molar-refractivity contribution >= 4 is 35.1 Å². The Bertz CT molecular complexity index is 1370. The molecule has 2 aromatic carbocycles. The minimum atomic E-state index is -0.450. The quantitative estimate of drug-likeness (QED) is 0.440. The maximum Gasteiger partial charge on any atom is 0.327 e. The standard InChI is InChI=1S/C29H31N5O3S/c1-18-17-21(37-20-8-4-3-5-9-20)10-11-22(18)34-23-13-15-31-28-24(23)25(32-29(34)36)26(38-28)27(35)30-14-12-19-7-6-16-33(19)2/h3-5,8-11,13,15,17,19,25-26H,6-7,12,14,16H2,1-2H3,(H,30,35)(H,32,36). The van der Waals surface area contributed by atoms with Gasteiger partial charge in [-0.05, 0) is 81.7 Å². The molecule has 3 atom stereocenters. The number of hydrogen-bond acceptors (Lipinski definition) is 6. The summed E-state index contributed by atoms with van der Waals surface area (Å²) in [5, 5.41) is 6.55. The van der Waals surface area contributed by atoms with Crippen LogP contribution in [0.5, 0.6) is 11.5 Å². The first-order valence-corrected chi connectivity index (χ1v) is 14.0. The van der Waals surface area contributed by atoms with E-state index in [0.29, 0.717) is 18.3 Å². The van der Waals surface area contributed by atoms with Gasteiger partial charge in [0.05, 0.1) is 17.4 Å². The topological polar surface area (TPSA) is 86.8 Å². The van der Waals surface area contributed by atoms with Gasteiger partial charge in [0, 0.05) is 24.3 Å². The summed E-state index contributed by atoms with van der Waals surface area (Å²) in [6.45, 7) is 3.71. The van der Waals surface area contributed by atoms with Crippen LogP contribution in [0.3, 0.4) is 0 Å². The van der Waals surface area contributed by atoms with Crippen LogP contribution >= 0.6 is 11.8 Å². The molecule has 38 heavy (non-hydrogen) atoms. The second-order valence-corrected chi connectivity index (χ2v) is 11.2. The highest BCUT2D eigenvalue weighted by Crippen LogP contribution is 2.51. The number of para-hydroxylation sites is 1. The van der Waals surface area contributed by atoms with E-state index in [2.05, 4.69) is 27.6 Å². The van der Waals surface area contributed by atoms with Crippen molar-refractivity contribution in [1.29, 1.82) is 0 Å². The minimum Gasteiger partial charge on any atom is -0.457 e. The molecule has 196 valence electrons. The fourth-order valence-electron chi connectivity index (χ4n) is 5.64. The number of aromatic nitrogens is 1. The Hall–Kier alpha value is -3.56. The number of anilines is 2. The van der Waals surface area contributed by atoms with Crippen LogP contribution in [0.25, 0.3) is 0 Å². The van der Waals surface area contributed by atoms with Gasteiger partial charge in [-0.2, -0.15) is 0 Å². The van der Waals surface area contributed by atoms with Crippen LogP contribution in [0.2, 0.25) is 0 Å². The van der Waals surface area contributed by atoms with Gasteiger partial charge in [0.2, 0.25) is 5.91 Å². The number of carbonyl (C=O) groups is 2. The number of hydrogen-bond donors (Lipinski definition) is 2. The molecule has 1 fully saturated rings. The number of ether oxygens (including phenoxy) is 1. The molecule has 3 amide bonds. The summed E-state index contributed by atoms with van der Waals surface area (Å²) >= 11 is 1.43. The van der Waals surface area contributed by atoms with E-state index in [9.17, 15) is 9.59 Å². The van der Waals surface area contributed by atoms with Crippen molar-refractivity contribution < 1.29 is 14.3 Å². The maximum absolute atomic E-state index is 13.5. The molecule has 8 nitrogen and oxygen atoms in total. The summed E-state index contributed by atoms with van der Waals surface area (Å²) in [6.07, 6.45) is 5.03. The van der Waals surface area contributed by atoms with E-state index in [0.717, 1.165) is 46.2 Å². The fraction of sp³-hybridized carbons (Fsp3) is 0.345. The fourth-order valence-corrected chi connectivity index (χ4v) is 6.89. The van der Waals surface area contributed by atoms with Gasteiger partial charge in [-0.1, -0.05) is 30.0 Å². The molecule has 1 aromatic heterocycles. The zero-order valence-electron chi connectivity index (χ0n) is 21.5. The number of pyridine rings is 1. The first-order valence-electron chi connectivity index (χ1n) is 13.1. The number of urea groups is 1. The molecule has 0 radical (unpaired) electrons. The number of likely N-dealkylation sites (tertiary alicyclic amines) is 1. The highest BCUT2D eigenvalue weighted by molar-refractivity contribution is 8.01. The Morgan fingerprint density at radius 1 is 1.16 bits per heavy atom. The molecule has 0 saturated carbocycles. The highest BCUT2D eigenvalue weighted by Gasteiger charge is 2.46. The molecule has 3 aromatic rings. The van der Waals surface area contributed by atoms with E-state index >= 15 is 0 Å². The summed E-state index contributed by atoms with van der Waals surface area (Å²) < 4.78 is 5.98. The smallest absolute Gasteiger partial charge is 0.327 e. The van der Waals surface area contributed by atoms with Crippen LogP contribution in [-0.2, 0) is 4.79 Å². The van der Waals surface area contributed by atoms with E-state index in [1.807, 2.05) is 61.5 Å². The molecule has 2 N–H and O–H groups in total. The molecule has 6 rings (SSSR count). The van der Waals surface area contributed by atoms with Crippen LogP contribution in [-0.4, -0.2) is 53.3 Å². The lowest BCUT2D eigenvalue weighted by Gasteiger charge is -2.35. The lowest BCUT2D eigenvalue weighted by molar-refractivity contribution is -0.121. The number of aryl methyl sites for hydroxylation is 1. The zero-order valence-corrected chi connectivity index (χ0v) is 22.3. The Balaban J connectivity index is 1.21. The SMILES string of the molecule is Cc1cc(Oc2ccccc2)ccc1N1C(=O)NC2c3c1ccnc3SC2C(=O)NCCC1CCCN1C. The predicted octanol–water partition coefficient (Wildman–Crippen LogP) is 5.16. The molecular weight excluding hydrogens is 498 g/mol. The van der Waals surface area contributed by atoms with E-state index < -0.39 is 11.3 Å². The monoisotopic (exact) mass is 529 g/mol. The number of benzene rings is 2. The van der Waals surface area contributed by atoms with E-state index in [-0.39, 0.29) is 11.9 Å². The van der Waals surface area contributed by atoms with Crippen molar-refractivity contribution in [1.82, 2.24) is 20.5 Å². The van der Waals surface area contributed by atoms with Crippen molar-refractivity contribution in [2.24, 2.45) is 0 Å². The summed E-state index contributed by atoms with van der Waals surface area (Å²) in [5.41, 5.74) is 3.32. The normalized spacial score (nSPS) is 22.2. The largest absolute Gasteiger partial charge is 0.457 e. The number of nitrogens with zero attached hydrogens (tertiary/aromatic N) is 3. The average Bonchev–Trinajstić information content (AvgIpc) is 3.49. The summed E-state index contributed by atoms with van der Waals surface area (Å²) in [7, 11) is 2.14. The van der Waals surface area contributed by atoms with Crippen LogP contribution in [0.4, 0.5) is 16.2 Å². The van der Waals surface area contributed by atoms with Gasteiger partial charge in [0.25, 0.3) is 0 Å². The van der Waals surface area contributed by atoms with Gasteiger partial charge in [-0.3, -0.25) is 9.69 Å². The van der Waals surface area contributed by atoms with Crippen molar-refractivity contribution in [3.63, 3.8) is 0 Å². The number of amides is 3. The van der Waals surface area contributed by atoms with E-state index in [4.69, 9.17) is 4.74 Å². The van der Waals surface area contributed by atoms with Gasteiger partial charge in [0.15, 0.2) is 0 Å². The second-order valence-electron chi connectivity index (χ2n) is 10.1. The van der Waals surface area contributed by atoms with Crippen LogP contribution < -0.4 is 20.3 Å². The average molecular weight is 530 g/mol. The third kappa shape index (κ3) is 4.61. The van der Waals surface area contributed by atoms with Crippen LogP contribution in [0, 0.1) is 6.92 Å². The first kappa shape index (κ1) is 24.8. The lowest BCUT2D eigenvalue weighted by Crippen LogP contribution is -2.49. The first-order chi connectivity index (χ1) is 18.5. The van der Waals surface area contributed by atoms with Gasteiger partial charge in [0.1, 0.15) is 21.8 Å². The van der Waals surface area contributed by atoms with Crippen molar-refractivity contribution in [2.45, 2.75) is 48.5 Å². The van der Waals surface area contributed by atoms with Gasteiger partial charge in [-0.15, -0.1) is 0 Å².